The molecule has 31 heavy (non-hydrogen) atoms. The first-order chi connectivity index (χ1) is 14.7. The van der Waals surface area contributed by atoms with E-state index < -0.39 is 18.5 Å². The van der Waals surface area contributed by atoms with E-state index in [2.05, 4.69) is 10.1 Å². The van der Waals surface area contributed by atoms with Crippen LogP contribution in [-0.4, -0.2) is 39.8 Å². The zero-order valence-corrected chi connectivity index (χ0v) is 18.4. The topological polar surface area (TPSA) is 77.3 Å². The van der Waals surface area contributed by atoms with Crippen LogP contribution in [-0.2, 0) is 9.53 Å². The number of ether oxygens (including phenoxy) is 1. The van der Waals surface area contributed by atoms with Gasteiger partial charge in [-0.05, 0) is 57.0 Å². The van der Waals surface area contributed by atoms with Gasteiger partial charge in [-0.3, -0.25) is 4.79 Å². The van der Waals surface area contributed by atoms with Crippen molar-refractivity contribution in [3.63, 3.8) is 0 Å². The summed E-state index contributed by atoms with van der Waals surface area (Å²) in [5, 5.41) is 4.95. The van der Waals surface area contributed by atoms with Crippen molar-refractivity contribution in [1.29, 1.82) is 0 Å². The van der Waals surface area contributed by atoms with Crippen LogP contribution in [0.4, 0.5) is 10.1 Å². The first-order valence-corrected chi connectivity index (χ1v) is 10.3. The lowest BCUT2D eigenvalue weighted by molar-refractivity contribution is -0.121. The van der Waals surface area contributed by atoms with Crippen molar-refractivity contribution in [1.82, 2.24) is 14.8 Å². The third-order valence-corrected chi connectivity index (χ3v) is 4.97. The predicted octanol–water partition coefficient (Wildman–Crippen LogP) is 4.48. The maximum absolute atomic E-state index is 13.2. The molecule has 0 saturated heterocycles. The molecule has 0 radical (unpaired) electrons. The first kappa shape index (κ1) is 22.4. The number of carbonyl (C=O) groups is 2. The monoisotopic (exact) mass is 426 g/mol. The van der Waals surface area contributed by atoms with Crippen LogP contribution < -0.4 is 4.90 Å². The van der Waals surface area contributed by atoms with Crippen LogP contribution in [0.5, 0.6) is 0 Å². The lowest BCUT2D eigenvalue weighted by atomic mass is 10.1. The van der Waals surface area contributed by atoms with Crippen molar-refractivity contribution in [3.8, 4) is 0 Å². The smallest absolute Gasteiger partial charge is 0.339 e. The molecule has 0 aliphatic heterocycles. The SMILES string of the molecule is CCN(C(=O)COC(=O)c1cc(C(C)C)nc2c1cnn2C(C)C)c1ccc(F)cc1. The number of hydrogen-bond acceptors (Lipinski definition) is 5. The van der Waals surface area contributed by atoms with Crippen LogP contribution in [0, 0.1) is 5.82 Å². The Hall–Kier alpha value is -3.29. The van der Waals surface area contributed by atoms with E-state index in [-0.39, 0.29) is 17.8 Å². The second-order valence-corrected chi connectivity index (χ2v) is 7.86. The van der Waals surface area contributed by atoms with Crippen molar-refractivity contribution < 1.29 is 18.7 Å². The lowest BCUT2D eigenvalue weighted by Crippen LogP contribution is -2.34. The number of fused-ring (bicyclic) bond motifs is 1. The maximum atomic E-state index is 13.2. The van der Waals surface area contributed by atoms with E-state index in [0.29, 0.717) is 28.8 Å². The molecular formula is C23H27FN4O3. The van der Waals surface area contributed by atoms with Gasteiger partial charge in [0.2, 0.25) is 0 Å². The van der Waals surface area contributed by atoms with Gasteiger partial charge >= 0.3 is 5.97 Å². The molecular weight excluding hydrogens is 399 g/mol. The Balaban J connectivity index is 1.84. The van der Waals surface area contributed by atoms with Gasteiger partial charge in [-0.15, -0.1) is 0 Å². The Morgan fingerprint density at radius 3 is 2.42 bits per heavy atom. The van der Waals surface area contributed by atoms with E-state index in [9.17, 15) is 14.0 Å². The zero-order valence-electron chi connectivity index (χ0n) is 18.4. The summed E-state index contributed by atoms with van der Waals surface area (Å²) in [4.78, 5) is 31.7. The summed E-state index contributed by atoms with van der Waals surface area (Å²) in [5.74, 6) is -1.29. The third kappa shape index (κ3) is 4.73. The van der Waals surface area contributed by atoms with Crippen LogP contribution in [0.2, 0.25) is 0 Å². The molecule has 0 saturated carbocycles. The number of benzene rings is 1. The van der Waals surface area contributed by atoms with Gasteiger partial charge in [0.15, 0.2) is 12.3 Å². The van der Waals surface area contributed by atoms with Gasteiger partial charge < -0.3 is 9.64 Å². The molecule has 7 nitrogen and oxygen atoms in total. The standard InChI is InChI=1S/C23H27FN4O3/c1-6-27(17-9-7-16(24)8-10-17)21(29)13-31-23(30)18-11-20(14(2)3)26-22-19(18)12-25-28(22)15(4)5/h7-12,14-15H,6,13H2,1-5H3. The Labute approximate surface area is 180 Å². The van der Waals surface area contributed by atoms with Gasteiger partial charge in [0, 0.05) is 24.0 Å². The molecule has 1 amide bonds. The predicted molar refractivity (Wildman–Crippen MR) is 117 cm³/mol. The highest BCUT2D eigenvalue weighted by molar-refractivity contribution is 6.04. The van der Waals surface area contributed by atoms with E-state index in [1.165, 1.54) is 29.2 Å². The van der Waals surface area contributed by atoms with Crippen LogP contribution in [0.3, 0.4) is 0 Å². The number of amides is 1. The zero-order chi connectivity index (χ0) is 22.7. The highest BCUT2D eigenvalue weighted by atomic mass is 19.1. The summed E-state index contributed by atoms with van der Waals surface area (Å²) < 4.78 is 20.3. The molecule has 164 valence electrons. The number of halogens is 1. The fraction of sp³-hybridized carbons (Fsp3) is 0.391. The number of aromatic nitrogens is 3. The molecule has 0 bridgehead atoms. The highest BCUT2D eigenvalue weighted by Crippen LogP contribution is 2.25. The minimum absolute atomic E-state index is 0.0756. The molecule has 0 N–H and O–H groups in total. The van der Waals surface area contributed by atoms with Gasteiger partial charge in [0.1, 0.15) is 5.82 Å². The van der Waals surface area contributed by atoms with Gasteiger partial charge in [0.05, 0.1) is 17.1 Å². The average Bonchev–Trinajstić information content (AvgIpc) is 3.17. The summed E-state index contributed by atoms with van der Waals surface area (Å²) in [7, 11) is 0. The number of rotatable bonds is 7. The number of likely N-dealkylation sites (N-methyl/N-ethyl adjacent to an activating group) is 1. The molecule has 3 aromatic rings. The number of anilines is 1. The number of carbonyl (C=O) groups excluding carboxylic acids is 2. The van der Waals surface area contributed by atoms with Crippen LogP contribution in [0.15, 0.2) is 36.5 Å². The fourth-order valence-electron chi connectivity index (χ4n) is 3.29. The van der Waals surface area contributed by atoms with Gasteiger partial charge in [-0.25, -0.2) is 18.9 Å². The Kier molecular flexibility index (Phi) is 6.68. The van der Waals surface area contributed by atoms with Crippen LogP contribution in [0.25, 0.3) is 11.0 Å². The fourth-order valence-corrected chi connectivity index (χ4v) is 3.29. The first-order valence-electron chi connectivity index (χ1n) is 10.3. The molecule has 3 rings (SSSR count). The Morgan fingerprint density at radius 2 is 1.84 bits per heavy atom. The van der Waals surface area contributed by atoms with E-state index >= 15 is 0 Å². The lowest BCUT2D eigenvalue weighted by Gasteiger charge is -2.21. The number of hydrogen-bond donors (Lipinski definition) is 0. The molecule has 0 atom stereocenters. The molecule has 0 spiro atoms. The molecule has 2 heterocycles. The largest absolute Gasteiger partial charge is 0.452 e. The van der Waals surface area contributed by atoms with Crippen molar-refractivity contribution in [2.24, 2.45) is 0 Å². The van der Waals surface area contributed by atoms with Crippen molar-refractivity contribution in [2.45, 2.75) is 46.6 Å². The van der Waals surface area contributed by atoms with Gasteiger partial charge in [-0.2, -0.15) is 5.10 Å². The number of nitrogens with zero attached hydrogens (tertiary/aromatic N) is 4. The summed E-state index contributed by atoms with van der Waals surface area (Å²) in [6.45, 7) is 9.69. The minimum atomic E-state index is -0.610. The van der Waals surface area contributed by atoms with Crippen molar-refractivity contribution in [3.05, 3.63) is 53.6 Å². The summed E-state index contributed by atoms with van der Waals surface area (Å²) in [5.41, 5.74) is 2.23. The third-order valence-electron chi connectivity index (χ3n) is 4.97. The van der Waals surface area contributed by atoms with E-state index in [4.69, 9.17) is 4.74 Å². The summed E-state index contributed by atoms with van der Waals surface area (Å²) in [6, 6.07) is 7.37. The minimum Gasteiger partial charge on any atom is -0.452 e. The van der Waals surface area contributed by atoms with Crippen LogP contribution >= 0.6 is 0 Å². The number of esters is 1. The highest BCUT2D eigenvalue weighted by Gasteiger charge is 2.22. The Morgan fingerprint density at radius 1 is 1.16 bits per heavy atom. The average molecular weight is 426 g/mol. The molecule has 0 unspecified atom stereocenters. The molecule has 0 fully saturated rings. The second kappa shape index (κ2) is 9.24. The molecule has 0 aliphatic rings. The van der Waals surface area contributed by atoms with Crippen molar-refractivity contribution in [2.75, 3.05) is 18.1 Å². The van der Waals surface area contributed by atoms with Crippen LogP contribution in [0.1, 0.15) is 62.6 Å². The number of pyridine rings is 1. The molecule has 2 aromatic heterocycles. The van der Waals surface area contributed by atoms with Gasteiger partial charge in [0.25, 0.3) is 5.91 Å². The maximum Gasteiger partial charge on any atom is 0.339 e. The molecule has 8 heteroatoms. The molecule has 1 aromatic carbocycles. The second-order valence-electron chi connectivity index (χ2n) is 7.86. The van der Waals surface area contributed by atoms with Gasteiger partial charge in [-0.1, -0.05) is 13.8 Å². The van der Waals surface area contributed by atoms with Crippen molar-refractivity contribution >= 4 is 28.6 Å². The summed E-state index contributed by atoms with van der Waals surface area (Å²) in [6.07, 6.45) is 1.60. The quantitative estimate of drug-likeness (QED) is 0.521. The Bertz CT molecular complexity index is 1090. The normalized spacial score (nSPS) is 11.4. The molecule has 0 aliphatic carbocycles. The van der Waals surface area contributed by atoms with E-state index in [1.807, 2.05) is 27.7 Å². The van der Waals surface area contributed by atoms with E-state index in [1.54, 1.807) is 23.9 Å². The summed E-state index contributed by atoms with van der Waals surface area (Å²) >= 11 is 0. The van der Waals surface area contributed by atoms with E-state index in [0.717, 1.165) is 5.69 Å².